The maximum Gasteiger partial charge on any atom is 0.261 e. The van der Waals surface area contributed by atoms with Gasteiger partial charge in [0.25, 0.3) is 5.91 Å². The van der Waals surface area contributed by atoms with Crippen molar-refractivity contribution in [3.63, 3.8) is 0 Å². The summed E-state index contributed by atoms with van der Waals surface area (Å²) in [6, 6.07) is 21.8. The first-order valence-corrected chi connectivity index (χ1v) is 12.1. The van der Waals surface area contributed by atoms with Crippen molar-refractivity contribution in [3.8, 4) is 5.75 Å². The van der Waals surface area contributed by atoms with E-state index in [-0.39, 0.29) is 18.2 Å². The second-order valence-electron chi connectivity index (χ2n) is 8.22. The molecule has 1 atom stereocenters. The average Bonchev–Trinajstić information content (AvgIpc) is 2.87. The Labute approximate surface area is 210 Å². The van der Waals surface area contributed by atoms with E-state index in [4.69, 9.17) is 16.3 Å². The number of hydrogen-bond donors (Lipinski definition) is 1. The Bertz CT molecular complexity index is 1090. The zero-order chi connectivity index (χ0) is 25.0. The van der Waals surface area contributed by atoms with Crippen molar-refractivity contribution in [1.29, 1.82) is 0 Å². The highest BCUT2D eigenvalue weighted by Gasteiger charge is 2.30. The second kappa shape index (κ2) is 13.5. The molecule has 7 heteroatoms. The summed E-state index contributed by atoms with van der Waals surface area (Å²) < 4.78 is 19.5. The number of para-hydroxylation sites is 1. The van der Waals surface area contributed by atoms with E-state index in [9.17, 15) is 14.0 Å². The first-order chi connectivity index (χ1) is 17.0. The Morgan fingerprint density at radius 1 is 0.971 bits per heavy atom. The van der Waals surface area contributed by atoms with Crippen molar-refractivity contribution in [2.45, 2.75) is 38.8 Å². The highest BCUT2D eigenvalue weighted by atomic mass is 35.5. The molecule has 0 saturated carbocycles. The van der Waals surface area contributed by atoms with Gasteiger partial charge in [-0.2, -0.15) is 0 Å². The molecule has 5 nitrogen and oxygen atoms in total. The zero-order valence-corrected chi connectivity index (χ0v) is 20.5. The summed E-state index contributed by atoms with van der Waals surface area (Å²) in [5, 5.41) is 3.54. The molecule has 0 saturated heterocycles. The van der Waals surface area contributed by atoms with Gasteiger partial charge in [-0.15, -0.1) is 0 Å². The number of hydrogen-bond acceptors (Lipinski definition) is 3. The molecule has 3 rings (SSSR count). The number of unbranched alkanes of at least 4 members (excludes halogenated alkanes) is 1. The van der Waals surface area contributed by atoms with Crippen LogP contribution in [0, 0.1) is 5.82 Å². The average molecular weight is 497 g/mol. The summed E-state index contributed by atoms with van der Waals surface area (Å²) in [4.78, 5) is 28.3. The molecule has 184 valence electrons. The van der Waals surface area contributed by atoms with Gasteiger partial charge in [0, 0.05) is 24.5 Å². The van der Waals surface area contributed by atoms with Crippen molar-refractivity contribution >= 4 is 23.4 Å². The van der Waals surface area contributed by atoms with E-state index in [0.717, 1.165) is 24.0 Å². The molecule has 3 aromatic carbocycles. The van der Waals surface area contributed by atoms with Crippen LogP contribution >= 0.6 is 11.6 Å². The molecule has 35 heavy (non-hydrogen) atoms. The molecule has 1 unspecified atom stereocenters. The zero-order valence-electron chi connectivity index (χ0n) is 19.8. The molecule has 0 aliphatic heterocycles. The van der Waals surface area contributed by atoms with Crippen LogP contribution < -0.4 is 10.1 Å². The minimum atomic E-state index is -0.776. The molecule has 0 radical (unpaired) electrons. The first-order valence-electron chi connectivity index (χ1n) is 11.7. The Morgan fingerprint density at radius 3 is 2.34 bits per heavy atom. The largest absolute Gasteiger partial charge is 0.481 e. The summed E-state index contributed by atoms with van der Waals surface area (Å²) >= 11 is 6.03. The van der Waals surface area contributed by atoms with E-state index in [2.05, 4.69) is 5.32 Å². The highest BCUT2D eigenvalue weighted by Crippen LogP contribution is 2.19. The fourth-order valence-corrected chi connectivity index (χ4v) is 3.76. The van der Waals surface area contributed by atoms with Gasteiger partial charge in [0.1, 0.15) is 6.04 Å². The van der Waals surface area contributed by atoms with Crippen LogP contribution in [0.15, 0.2) is 78.9 Å². The van der Waals surface area contributed by atoms with Crippen molar-refractivity contribution in [2.24, 2.45) is 0 Å². The molecule has 0 aliphatic carbocycles. The van der Waals surface area contributed by atoms with Gasteiger partial charge < -0.3 is 15.0 Å². The van der Waals surface area contributed by atoms with Crippen molar-refractivity contribution < 1.29 is 18.7 Å². The maximum atomic E-state index is 14.0. The molecular weight excluding hydrogens is 467 g/mol. The number of nitrogens with one attached hydrogen (secondary N) is 1. The van der Waals surface area contributed by atoms with Gasteiger partial charge in [0.05, 0.1) is 0 Å². The minimum Gasteiger partial charge on any atom is -0.481 e. The Hall–Kier alpha value is -3.38. The molecule has 0 bridgehead atoms. The third-order valence-corrected chi connectivity index (χ3v) is 5.81. The van der Waals surface area contributed by atoms with Crippen LogP contribution in [0.25, 0.3) is 0 Å². The number of halogens is 2. The highest BCUT2D eigenvalue weighted by molar-refractivity contribution is 6.30. The van der Waals surface area contributed by atoms with E-state index in [1.807, 2.05) is 49.4 Å². The fraction of sp³-hybridized carbons (Fsp3) is 0.286. The molecule has 0 aliphatic rings. The number of carbonyl (C=O) groups excluding carboxylic acids is 2. The van der Waals surface area contributed by atoms with Crippen molar-refractivity contribution in [2.75, 3.05) is 13.2 Å². The van der Waals surface area contributed by atoms with E-state index in [0.29, 0.717) is 18.0 Å². The van der Waals surface area contributed by atoms with Gasteiger partial charge in [-0.25, -0.2) is 4.39 Å². The van der Waals surface area contributed by atoms with E-state index >= 15 is 0 Å². The van der Waals surface area contributed by atoms with Gasteiger partial charge in [0.2, 0.25) is 5.91 Å². The quantitative estimate of drug-likeness (QED) is 0.341. The molecule has 0 fully saturated rings. The van der Waals surface area contributed by atoms with Crippen LogP contribution in [0.2, 0.25) is 5.02 Å². The topological polar surface area (TPSA) is 58.6 Å². The van der Waals surface area contributed by atoms with Crippen LogP contribution in [0.3, 0.4) is 0 Å². The smallest absolute Gasteiger partial charge is 0.261 e. The lowest BCUT2D eigenvalue weighted by molar-refractivity contribution is -0.142. The Morgan fingerprint density at radius 2 is 1.66 bits per heavy atom. The van der Waals surface area contributed by atoms with Gasteiger partial charge in [0.15, 0.2) is 18.2 Å². The lowest BCUT2D eigenvalue weighted by atomic mass is 10.0. The van der Waals surface area contributed by atoms with Gasteiger partial charge in [-0.3, -0.25) is 9.59 Å². The maximum absolute atomic E-state index is 14.0. The standard InChI is InChI=1S/C28H30ClFN2O3/c1-2-3-17-31-28(34)25(18-21-9-5-4-6-10-21)32(19-22-13-15-23(29)16-14-22)27(33)20-35-26-12-8-7-11-24(26)30/h4-16,25H,2-3,17-20H2,1H3,(H,31,34). The van der Waals surface area contributed by atoms with E-state index in [1.54, 1.807) is 24.3 Å². The van der Waals surface area contributed by atoms with Crippen molar-refractivity contribution in [1.82, 2.24) is 10.2 Å². The molecule has 3 aromatic rings. The minimum absolute atomic E-state index is 0.0145. The molecular formula is C28H30ClFN2O3. The van der Waals surface area contributed by atoms with Gasteiger partial charge in [-0.1, -0.05) is 79.5 Å². The number of amides is 2. The van der Waals surface area contributed by atoms with E-state index < -0.39 is 24.4 Å². The Kier molecular flexibility index (Phi) is 10.1. The third kappa shape index (κ3) is 8.11. The molecule has 0 aromatic heterocycles. The number of benzene rings is 3. The van der Waals surface area contributed by atoms with E-state index in [1.165, 1.54) is 17.0 Å². The summed E-state index contributed by atoms with van der Waals surface area (Å²) in [7, 11) is 0. The summed E-state index contributed by atoms with van der Waals surface area (Å²) in [6.45, 7) is 2.34. The SMILES string of the molecule is CCCCNC(=O)C(Cc1ccccc1)N(Cc1ccc(Cl)cc1)C(=O)COc1ccccc1F. The Balaban J connectivity index is 1.88. The summed E-state index contributed by atoms with van der Waals surface area (Å²) in [6.07, 6.45) is 2.11. The first kappa shape index (κ1) is 26.2. The summed E-state index contributed by atoms with van der Waals surface area (Å²) in [5.41, 5.74) is 1.74. The number of ether oxygens (including phenoxy) is 1. The fourth-order valence-electron chi connectivity index (χ4n) is 3.63. The van der Waals surface area contributed by atoms with Crippen LogP contribution in [0.1, 0.15) is 30.9 Å². The lowest BCUT2D eigenvalue weighted by Gasteiger charge is -2.31. The van der Waals surface area contributed by atoms with Crippen LogP contribution in [0.5, 0.6) is 5.75 Å². The molecule has 1 N–H and O–H groups in total. The molecule has 0 spiro atoms. The predicted molar refractivity (Wildman–Crippen MR) is 136 cm³/mol. The second-order valence-corrected chi connectivity index (χ2v) is 8.65. The molecule has 0 heterocycles. The summed E-state index contributed by atoms with van der Waals surface area (Å²) in [5.74, 6) is -1.23. The van der Waals surface area contributed by atoms with Crippen LogP contribution in [-0.2, 0) is 22.6 Å². The third-order valence-electron chi connectivity index (χ3n) is 5.55. The van der Waals surface area contributed by atoms with Crippen LogP contribution in [0.4, 0.5) is 4.39 Å². The lowest BCUT2D eigenvalue weighted by Crippen LogP contribution is -2.51. The van der Waals surface area contributed by atoms with Gasteiger partial charge >= 0.3 is 0 Å². The number of rotatable bonds is 12. The van der Waals surface area contributed by atoms with Crippen molar-refractivity contribution in [3.05, 3.63) is 101 Å². The number of carbonyl (C=O) groups is 2. The molecule has 2 amide bonds. The van der Waals surface area contributed by atoms with Gasteiger partial charge in [-0.05, 0) is 41.8 Å². The normalized spacial score (nSPS) is 11.5. The van der Waals surface area contributed by atoms with Crippen LogP contribution in [-0.4, -0.2) is 35.9 Å². The number of nitrogens with zero attached hydrogens (tertiary/aromatic N) is 1. The monoisotopic (exact) mass is 496 g/mol. The predicted octanol–water partition coefficient (Wildman–Crippen LogP) is 5.41.